The Morgan fingerprint density at radius 2 is 2.03 bits per heavy atom. The highest BCUT2D eigenvalue weighted by atomic mass is 19.4. The molecule has 0 saturated carbocycles. The van der Waals surface area contributed by atoms with Gasteiger partial charge in [-0.3, -0.25) is 9.59 Å². The van der Waals surface area contributed by atoms with Gasteiger partial charge in [0.15, 0.2) is 5.65 Å². The standard InChI is InChI=1S/C19H22F3N5O2/c1-10(2)12-8-15(19(20,21)22)27-16(23-12)9-13(25-27)14-4-3-7-26(14)18(29)11-5-6-17(28)24-11/h8-11,14H,3-7H2,1-2H3,(H,24,28)/t11-,14-/m0/s1. The second-order valence-electron chi connectivity index (χ2n) is 7.91. The Hall–Kier alpha value is -2.65. The first kappa shape index (κ1) is 19.7. The Kier molecular flexibility index (Phi) is 4.74. The molecule has 0 aromatic carbocycles. The van der Waals surface area contributed by atoms with E-state index < -0.39 is 24.0 Å². The number of nitrogens with one attached hydrogen (secondary N) is 1. The number of rotatable bonds is 3. The van der Waals surface area contributed by atoms with Crippen LogP contribution in [-0.2, 0) is 15.8 Å². The van der Waals surface area contributed by atoms with Gasteiger partial charge in [0, 0.05) is 24.7 Å². The number of nitrogens with zero attached hydrogens (tertiary/aromatic N) is 4. The van der Waals surface area contributed by atoms with Crippen molar-refractivity contribution < 1.29 is 22.8 Å². The summed E-state index contributed by atoms with van der Waals surface area (Å²) in [5.74, 6) is -0.538. The van der Waals surface area contributed by atoms with E-state index in [0.29, 0.717) is 37.2 Å². The maximum atomic E-state index is 13.6. The first-order valence-electron chi connectivity index (χ1n) is 9.73. The van der Waals surface area contributed by atoms with Crippen LogP contribution < -0.4 is 5.32 Å². The van der Waals surface area contributed by atoms with Gasteiger partial charge in [-0.05, 0) is 31.2 Å². The molecule has 156 valence electrons. The highest BCUT2D eigenvalue weighted by Gasteiger charge is 2.39. The largest absolute Gasteiger partial charge is 0.433 e. The number of fused-ring (bicyclic) bond motifs is 1. The summed E-state index contributed by atoms with van der Waals surface area (Å²) >= 11 is 0. The Balaban J connectivity index is 1.71. The van der Waals surface area contributed by atoms with E-state index in [1.54, 1.807) is 18.7 Å². The maximum absolute atomic E-state index is 13.6. The van der Waals surface area contributed by atoms with Crippen LogP contribution in [0.5, 0.6) is 0 Å². The summed E-state index contributed by atoms with van der Waals surface area (Å²) in [7, 11) is 0. The van der Waals surface area contributed by atoms with Crippen LogP contribution in [0.1, 0.15) is 68.6 Å². The second-order valence-corrected chi connectivity index (χ2v) is 7.91. The fourth-order valence-corrected chi connectivity index (χ4v) is 4.01. The summed E-state index contributed by atoms with van der Waals surface area (Å²) in [6.45, 7) is 4.05. The Labute approximate surface area is 165 Å². The number of likely N-dealkylation sites (tertiary alicyclic amines) is 1. The number of aromatic nitrogens is 3. The van der Waals surface area contributed by atoms with Gasteiger partial charge in [-0.15, -0.1) is 0 Å². The molecule has 0 spiro atoms. The second kappa shape index (κ2) is 7.00. The van der Waals surface area contributed by atoms with Crippen molar-refractivity contribution in [1.82, 2.24) is 24.8 Å². The van der Waals surface area contributed by atoms with E-state index in [-0.39, 0.29) is 23.4 Å². The topological polar surface area (TPSA) is 79.6 Å². The Morgan fingerprint density at radius 3 is 2.66 bits per heavy atom. The van der Waals surface area contributed by atoms with Crippen molar-refractivity contribution in [1.29, 1.82) is 0 Å². The highest BCUT2D eigenvalue weighted by molar-refractivity contribution is 5.91. The molecule has 2 aliphatic heterocycles. The predicted molar refractivity (Wildman–Crippen MR) is 96.9 cm³/mol. The third-order valence-electron chi connectivity index (χ3n) is 5.52. The average molecular weight is 409 g/mol. The van der Waals surface area contributed by atoms with Crippen LogP contribution in [0.4, 0.5) is 13.2 Å². The molecular formula is C19H22F3N5O2. The van der Waals surface area contributed by atoms with Crippen LogP contribution in [0, 0.1) is 0 Å². The molecule has 2 saturated heterocycles. The fourth-order valence-electron chi connectivity index (χ4n) is 4.01. The van der Waals surface area contributed by atoms with Gasteiger partial charge in [0.05, 0.1) is 11.7 Å². The van der Waals surface area contributed by atoms with Crippen molar-refractivity contribution in [2.75, 3.05) is 6.54 Å². The molecule has 4 rings (SSSR count). The van der Waals surface area contributed by atoms with E-state index in [1.165, 1.54) is 6.07 Å². The molecule has 2 atom stereocenters. The zero-order valence-corrected chi connectivity index (χ0v) is 16.2. The number of hydrogen-bond donors (Lipinski definition) is 1. The zero-order chi connectivity index (χ0) is 20.9. The normalized spacial score (nSPS) is 22.7. The molecule has 29 heavy (non-hydrogen) atoms. The minimum atomic E-state index is -4.58. The summed E-state index contributed by atoms with van der Waals surface area (Å²) in [6, 6.07) is 1.56. The average Bonchev–Trinajstić information content (AvgIpc) is 3.37. The van der Waals surface area contributed by atoms with Crippen molar-refractivity contribution in [3.63, 3.8) is 0 Å². The molecule has 0 bridgehead atoms. The lowest BCUT2D eigenvalue weighted by Gasteiger charge is -2.26. The molecule has 4 heterocycles. The van der Waals surface area contributed by atoms with Crippen molar-refractivity contribution in [2.45, 2.75) is 63.7 Å². The van der Waals surface area contributed by atoms with Crippen molar-refractivity contribution in [3.8, 4) is 0 Å². The molecule has 0 aliphatic carbocycles. The lowest BCUT2D eigenvalue weighted by atomic mass is 10.1. The van der Waals surface area contributed by atoms with Crippen LogP contribution in [0.3, 0.4) is 0 Å². The number of alkyl halides is 3. The van der Waals surface area contributed by atoms with Gasteiger partial charge in [0.1, 0.15) is 11.7 Å². The fraction of sp³-hybridized carbons (Fsp3) is 0.579. The zero-order valence-electron chi connectivity index (χ0n) is 16.2. The summed E-state index contributed by atoms with van der Waals surface area (Å²) in [4.78, 5) is 30.2. The van der Waals surface area contributed by atoms with Crippen molar-refractivity contribution in [2.24, 2.45) is 0 Å². The molecule has 1 N–H and O–H groups in total. The molecule has 0 unspecified atom stereocenters. The lowest BCUT2D eigenvalue weighted by molar-refractivity contribution is -0.143. The number of hydrogen-bond acceptors (Lipinski definition) is 4. The minimum Gasteiger partial charge on any atom is -0.344 e. The molecular weight excluding hydrogens is 387 g/mol. The van der Waals surface area contributed by atoms with Crippen LogP contribution in [0.2, 0.25) is 0 Å². The van der Waals surface area contributed by atoms with Gasteiger partial charge in [0.25, 0.3) is 0 Å². The van der Waals surface area contributed by atoms with Crippen LogP contribution in [-0.4, -0.2) is 43.9 Å². The van der Waals surface area contributed by atoms with Crippen LogP contribution >= 0.6 is 0 Å². The summed E-state index contributed by atoms with van der Waals surface area (Å²) < 4.78 is 41.6. The van der Waals surface area contributed by atoms with E-state index in [1.807, 2.05) is 0 Å². The molecule has 2 aliphatic rings. The van der Waals surface area contributed by atoms with Gasteiger partial charge in [0.2, 0.25) is 11.8 Å². The SMILES string of the molecule is CC(C)c1cc(C(F)(F)F)n2nc([C@@H]3CCCN3C(=O)[C@@H]3CCC(=O)N3)cc2n1. The van der Waals surface area contributed by atoms with E-state index in [9.17, 15) is 22.8 Å². The molecule has 0 radical (unpaired) electrons. The van der Waals surface area contributed by atoms with E-state index in [2.05, 4.69) is 15.4 Å². The first-order valence-corrected chi connectivity index (χ1v) is 9.73. The maximum Gasteiger partial charge on any atom is 0.433 e. The quantitative estimate of drug-likeness (QED) is 0.846. The third-order valence-corrected chi connectivity index (χ3v) is 5.52. The van der Waals surface area contributed by atoms with Crippen LogP contribution in [0.15, 0.2) is 12.1 Å². The minimum absolute atomic E-state index is 0.118. The third kappa shape index (κ3) is 3.56. The van der Waals surface area contributed by atoms with Gasteiger partial charge in [-0.2, -0.15) is 18.3 Å². The van der Waals surface area contributed by atoms with Crippen molar-refractivity contribution in [3.05, 3.63) is 29.2 Å². The van der Waals surface area contributed by atoms with E-state index in [4.69, 9.17) is 0 Å². The monoisotopic (exact) mass is 409 g/mol. The molecule has 7 nitrogen and oxygen atoms in total. The first-order chi connectivity index (χ1) is 13.6. The molecule has 2 fully saturated rings. The van der Waals surface area contributed by atoms with E-state index in [0.717, 1.165) is 17.0 Å². The molecule has 2 aromatic rings. The number of carbonyl (C=O) groups excluding carboxylic acids is 2. The Morgan fingerprint density at radius 1 is 1.28 bits per heavy atom. The van der Waals surface area contributed by atoms with Gasteiger partial charge < -0.3 is 10.2 Å². The predicted octanol–water partition coefficient (Wildman–Crippen LogP) is 2.81. The summed E-state index contributed by atoms with van der Waals surface area (Å²) in [5.41, 5.74) is -0.0354. The van der Waals surface area contributed by atoms with Gasteiger partial charge in [-0.25, -0.2) is 9.50 Å². The molecule has 10 heteroatoms. The van der Waals surface area contributed by atoms with Gasteiger partial charge >= 0.3 is 6.18 Å². The van der Waals surface area contributed by atoms with E-state index >= 15 is 0 Å². The molecule has 2 amide bonds. The summed E-state index contributed by atoms with van der Waals surface area (Å²) in [6.07, 6.45) is -2.51. The highest BCUT2D eigenvalue weighted by Crippen LogP contribution is 2.35. The number of halogens is 3. The summed E-state index contributed by atoms with van der Waals surface area (Å²) in [5, 5.41) is 6.85. The number of carbonyl (C=O) groups is 2. The van der Waals surface area contributed by atoms with Gasteiger partial charge in [-0.1, -0.05) is 13.8 Å². The van der Waals surface area contributed by atoms with Crippen LogP contribution in [0.25, 0.3) is 5.65 Å². The van der Waals surface area contributed by atoms with Crippen molar-refractivity contribution >= 4 is 17.5 Å². The molecule has 2 aromatic heterocycles. The Bertz CT molecular complexity index is 969. The lowest BCUT2D eigenvalue weighted by Crippen LogP contribution is -2.44. The number of amides is 2. The smallest absolute Gasteiger partial charge is 0.344 e.